The first-order chi connectivity index (χ1) is 8.60. The van der Waals surface area contributed by atoms with Crippen LogP contribution in [0, 0.1) is 0 Å². The van der Waals surface area contributed by atoms with Crippen LogP contribution in [0.5, 0.6) is 0 Å². The number of nitrogens with one attached hydrogen (secondary N) is 2. The number of aromatic nitrogens is 2. The van der Waals surface area contributed by atoms with Gasteiger partial charge in [-0.25, -0.2) is 0 Å². The third kappa shape index (κ3) is 3.76. The van der Waals surface area contributed by atoms with Crippen LogP contribution in [0.1, 0.15) is 13.8 Å². The first kappa shape index (κ1) is 14.0. The quantitative estimate of drug-likeness (QED) is 0.662. The maximum atomic E-state index is 11.4. The molecule has 1 amide bonds. The Balaban J connectivity index is 2.93. The largest absolute Gasteiger partial charge is 0.370 e. The number of nitrogens with two attached hydrogens (primary N) is 1. The van der Waals surface area contributed by atoms with Gasteiger partial charge in [0.25, 0.3) is 0 Å². The molecule has 0 bridgehead atoms. The predicted octanol–water partition coefficient (Wildman–Crippen LogP) is 0.0629. The van der Waals surface area contributed by atoms with E-state index in [0.717, 1.165) is 6.54 Å². The van der Waals surface area contributed by atoms with E-state index in [4.69, 9.17) is 5.73 Å². The zero-order chi connectivity index (χ0) is 13.5. The van der Waals surface area contributed by atoms with Crippen LogP contribution in [0.2, 0.25) is 0 Å². The van der Waals surface area contributed by atoms with Crippen LogP contribution >= 0.6 is 0 Å². The van der Waals surface area contributed by atoms with Crippen molar-refractivity contribution in [1.29, 1.82) is 0 Å². The highest BCUT2D eigenvalue weighted by molar-refractivity contribution is 5.80. The molecular weight excluding hydrogens is 232 g/mol. The van der Waals surface area contributed by atoms with E-state index in [-0.39, 0.29) is 18.4 Å². The molecular formula is C11H20N6O. The van der Waals surface area contributed by atoms with Gasteiger partial charge in [-0.2, -0.15) is 9.97 Å². The number of hydrogen-bond acceptors (Lipinski definition) is 6. The van der Waals surface area contributed by atoms with E-state index in [1.54, 1.807) is 13.1 Å². The maximum absolute atomic E-state index is 11.4. The molecule has 0 saturated carbocycles. The van der Waals surface area contributed by atoms with E-state index in [0.29, 0.717) is 18.2 Å². The second-order valence-electron chi connectivity index (χ2n) is 3.69. The highest BCUT2D eigenvalue weighted by Gasteiger charge is 2.12. The Morgan fingerprint density at radius 3 is 2.72 bits per heavy atom. The Kier molecular flexibility index (Phi) is 5.16. The summed E-state index contributed by atoms with van der Waals surface area (Å²) < 4.78 is 0. The summed E-state index contributed by atoms with van der Waals surface area (Å²) in [6, 6.07) is 1.78. The summed E-state index contributed by atoms with van der Waals surface area (Å²) in [6.07, 6.45) is 0. The molecule has 4 N–H and O–H groups in total. The Hall–Kier alpha value is -2.05. The molecule has 0 fully saturated rings. The molecule has 1 aromatic heterocycles. The molecule has 7 heteroatoms. The topological polar surface area (TPSA) is 96.2 Å². The highest BCUT2D eigenvalue weighted by atomic mass is 16.1. The van der Waals surface area contributed by atoms with Crippen LogP contribution in [0.15, 0.2) is 6.07 Å². The first-order valence-electron chi connectivity index (χ1n) is 5.94. The fourth-order valence-corrected chi connectivity index (χ4v) is 1.49. The van der Waals surface area contributed by atoms with Gasteiger partial charge in [-0.15, -0.1) is 0 Å². The number of rotatable bonds is 6. The smallest absolute Gasteiger partial charge is 0.239 e. The van der Waals surface area contributed by atoms with E-state index in [2.05, 4.69) is 20.6 Å². The third-order valence-corrected chi connectivity index (χ3v) is 2.41. The van der Waals surface area contributed by atoms with E-state index in [1.165, 1.54) is 0 Å². The number of amides is 1. The Labute approximate surface area is 107 Å². The summed E-state index contributed by atoms with van der Waals surface area (Å²) >= 11 is 0. The minimum atomic E-state index is -0.0703. The number of likely N-dealkylation sites (N-methyl/N-ethyl adjacent to an activating group) is 2. The van der Waals surface area contributed by atoms with Crippen molar-refractivity contribution in [2.45, 2.75) is 13.8 Å². The van der Waals surface area contributed by atoms with E-state index in [1.807, 2.05) is 18.7 Å². The van der Waals surface area contributed by atoms with Crippen molar-refractivity contribution < 1.29 is 4.79 Å². The highest BCUT2D eigenvalue weighted by Crippen LogP contribution is 2.16. The molecule has 1 rings (SSSR count). The van der Waals surface area contributed by atoms with Crippen LogP contribution in [0.25, 0.3) is 0 Å². The molecule has 0 aliphatic carbocycles. The van der Waals surface area contributed by atoms with E-state index in [9.17, 15) is 4.79 Å². The monoisotopic (exact) mass is 252 g/mol. The second kappa shape index (κ2) is 6.63. The molecule has 0 atom stereocenters. The summed E-state index contributed by atoms with van der Waals surface area (Å²) in [5.74, 6) is 1.43. The third-order valence-electron chi connectivity index (χ3n) is 2.41. The fourth-order valence-electron chi connectivity index (χ4n) is 1.49. The molecule has 0 spiro atoms. The summed E-state index contributed by atoms with van der Waals surface area (Å²) in [5.41, 5.74) is 5.66. The number of nitrogen functional groups attached to an aromatic ring is 1. The van der Waals surface area contributed by atoms with E-state index < -0.39 is 0 Å². The van der Waals surface area contributed by atoms with Crippen molar-refractivity contribution in [1.82, 2.24) is 15.3 Å². The van der Waals surface area contributed by atoms with Crippen molar-refractivity contribution >= 4 is 23.5 Å². The van der Waals surface area contributed by atoms with Crippen LogP contribution < -0.4 is 21.3 Å². The Morgan fingerprint density at radius 1 is 1.44 bits per heavy atom. The average Bonchev–Trinajstić information content (AvgIpc) is 2.35. The molecule has 18 heavy (non-hydrogen) atoms. The van der Waals surface area contributed by atoms with Gasteiger partial charge in [-0.05, 0) is 13.8 Å². The van der Waals surface area contributed by atoms with Crippen LogP contribution in [-0.4, -0.2) is 42.6 Å². The van der Waals surface area contributed by atoms with Gasteiger partial charge in [0, 0.05) is 26.2 Å². The molecule has 1 heterocycles. The molecule has 1 aromatic rings. The van der Waals surface area contributed by atoms with Gasteiger partial charge in [0.05, 0.1) is 6.54 Å². The van der Waals surface area contributed by atoms with Crippen molar-refractivity contribution in [2.24, 2.45) is 0 Å². The maximum Gasteiger partial charge on any atom is 0.239 e. The molecule has 100 valence electrons. The van der Waals surface area contributed by atoms with Crippen LogP contribution in [0.3, 0.4) is 0 Å². The number of anilines is 3. The summed E-state index contributed by atoms with van der Waals surface area (Å²) in [4.78, 5) is 21.5. The zero-order valence-corrected chi connectivity index (χ0v) is 11.0. The standard InChI is InChI=1S/C11H20N6O/c1-4-14-8-6-9(16-11(12)15-8)17(5-2)7-10(18)13-3/h6H,4-5,7H2,1-3H3,(H,13,18)(H3,12,14,15,16). The van der Waals surface area contributed by atoms with Gasteiger partial charge < -0.3 is 21.3 Å². The van der Waals surface area contributed by atoms with Gasteiger partial charge in [0.2, 0.25) is 11.9 Å². The number of nitrogens with zero attached hydrogens (tertiary/aromatic N) is 3. The lowest BCUT2D eigenvalue weighted by Crippen LogP contribution is -2.36. The Bertz CT molecular complexity index is 409. The number of hydrogen-bond donors (Lipinski definition) is 3. The SMILES string of the molecule is CCNc1cc(N(CC)CC(=O)NC)nc(N)n1. The fraction of sp³-hybridized carbons (Fsp3) is 0.545. The molecule has 0 saturated heterocycles. The summed E-state index contributed by atoms with van der Waals surface area (Å²) in [6.45, 7) is 5.58. The van der Waals surface area contributed by atoms with Crippen LogP contribution in [-0.2, 0) is 4.79 Å². The molecule has 7 nitrogen and oxygen atoms in total. The first-order valence-corrected chi connectivity index (χ1v) is 5.94. The molecule has 0 radical (unpaired) electrons. The zero-order valence-electron chi connectivity index (χ0n) is 11.0. The minimum absolute atomic E-state index is 0.0703. The minimum Gasteiger partial charge on any atom is -0.370 e. The Morgan fingerprint density at radius 2 is 2.17 bits per heavy atom. The molecule has 0 unspecified atom stereocenters. The van der Waals surface area contributed by atoms with Gasteiger partial charge in [-0.1, -0.05) is 0 Å². The predicted molar refractivity (Wildman–Crippen MR) is 72.6 cm³/mol. The molecule has 0 aliphatic rings. The van der Waals surface area contributed by atoms with Crippen molar-refractivity contribution in [3.05, 3.63) is 6.07 Å². The number of carbonyl (C=O) groups excluding carboxylic acids is 1. The summed E-state index contributed by atoms with van der Waals surface area (Å²) in [7, 11) is 1.61. The van der Waals surface area contributed by atoms with Gasteiger partial charge in [-0.3, -0.25) is 4.79 Å². The van der Waals surface area contributed by atoms with Crippen molar-refractivity contribution in [3.63, 3.8) is 0 Å². The van der Waals surface area contributed by atoms with Crippen molar-refractivity contribution in [2.75, 3.05) is 42.6 Å². The van der Waals surface area contributed by atoms with E-state index >= 15 is 0 Å². The normalized spacial score (nSPS) is 9.94. The number of carbonyl (C=O) groups is 1. The van der Waals surface area contributed by atoms with Crippen molar-refractivity contribution in [3.8, 4) is 0 Å². The molecule has 0 aromatic carbocycles. The average molecular weight is 252 g/mol. The lowest BCUT2D eigenvalue weighted by Gasteiger charge is -2.21. The van der Waals surface area contributed by atoms with Gasteiger partial charge in [0.15, 0.2) is 0 Å². The van der Waals surface area contributed by atoms with Crippen LogP contribution in [0.4, 0.5) is 17.6 Å². The van der Waals surface area contributed by atoms with Gasteiger partial charge >= 0.3 is 0 Å². The summed E-state index contributed by atoms with van der Waals surface area (Å²) in [5, 5.41) is 5.66. The molecule has 0 aliphatic heterocycles. The lowest BCUT2D eigenvalue weighted by molar-refractivity contribution is -0.119. The second-order valence-corrected chi connectivity index (χ2v) is 3.69. The lowest BCUT2D eigenvalue weighted by atomic mass is 10.4. The van der Waals surface area contributed by atoms with Gasteiger partial charge in [0.1, 0.15) is 11.6 Å².